The molecule has 0 aromatic heterocycles. The molecule has 1 saturated heterocycles. The molecule has 0 amide bonds. The van der Waals surface area contributed by atoms with Gasteiger partial charge in [0.05, 0.1) is 18.0 Å². The summed E-state index contributed by atoms with van der Waals surface area (Å²) >= 11 is 0. The van der Waals surface area contributed by atoms with Crippen LogP contribution < -0.4 is 10.2 Å². The summed E-state index contributed by atoms with van der Waals surface area (Å²) in [6.07, 6.45) is 1.21. The molecule has 0 saturated carbocycles. The minimum atomic E-state index is 0. The Labute approximate surface area is 109 Å². The molecular formula is C13H19ClN2O. The van der Waals surface area contributed by atoms with Gasteiger partial charge in [0.25, 0.3) is 0 Å². The normalized spacial score (nSPS) is 22.6. The summed E-state index contributed by atoms with van der Waals surface area (Å²) in [4.78, 5) is 2.49. The van der Waals surface area contributed by atoms with Crippen molar-refractivity contribution in [1.82, 2.24) is 0 Å². The van der Waals surface area contributed by atoms with E-state index in [-0.39, 0.29) is 12.4 Å². The molecule has 0 aliphatic carbocycles. The monoisotopic (exact) mass is 254 g/mol. The highest BCUT2D eigenvalue weighted by atomic mass is 35.5. The molecule has 1 aromatic carbocycles. The van der Waals surface area contributed by atoms with E-state index < -0.39 is 0 Å². The fraction of sp³-hybridized carbons (Fsp3) is 0.538. The summed E-state index contributed by atoms with van der Waals surface area (Å²) in [7, 11) is 0. The van der Waals surface area contributed by atoms with Crippen LogP contribution in [-0.2, 0) is 4.74 Å². The highest BCUT2D eigenvalue weighted by Gasteiger charge is 2.22. The Morgan fingerprint density at radius 2 is 2.24 bits per heavy atom. The van der Waals surface area contributed by atoms with E-state index in [1.165, 1.54) is 17.8 Å². The molecule has 0 spiro atoms. The average molecular weight is 255 g/mol. The van der Waals surface area contributed by atoms with E-state index in [9.17, 15) is 0 Å². The van der Waals surface area contributed by atoms with E-state index in [0.717, 1.165) is 32.8 Å². The molecule has 1 N–H and O–H groups in total. The second-order valence-corrected chi connectivity index (χ2v) is 4.62. The second kappa shape index (κ2) is 5.61. The maximum atomic E-state index is 5.44. The summed E-state index contributed by atoms with van der Waals surface area (Å²) in [5, 5.41) is 3.44. The van der Waals surface area contributed by atoms with Crippen molar-refractivity contribution in [2.24, 2.45) is 5.92 Å². The number of hydrogen-bond donors (Lipinski definition) is 1. The van der Waals surface area contributed by atoms with Crippen molar-refractivity contribution >= 4 is 23.8 Å². The van der Waals surface area contributed by atoms with Gasteiger partial charge in [-0.05, 0) is 18.6 Å². The Hall–Kier alpha value is -0.930. The molecule has 0 radical (unpaired) electrons. The maximum absolute atomic E-state index is 5.44. The first kappa shape index (κ1) is 12.5. The number of nitrogens with zero attached hydrogens (tertiary/aromatic N) is 1. The van der Waals surface area contributed by atoms with Crippen LogP contribution in [0.25, 0.3) is 0 Å². The summed E-state index contributed by atoms with van der Waals surface area (Å²) in [6, 6.07) is 8.57. The van der Waals surface area contributed by atoms with Gasteiger partial charge in [-0.15, -0.1) is 12.4 Å². The first-order chi connectivity index (χ1) is 7.93. The van der Waals surface area contributed by atoms with Gasteiger partial charge < -0.3 is 15.0 Å². The number of anilines is 2. The van der Waals surface area contributed by atoms with Crippen LogP contribution in [-0.4, -0.2) is 32.8 Å². The summed E-state index contributed by atoms with van der Waals surface area (Å²) in [5.74, 6) is 0.714. The van der Waals surface area contributed by atoms with Crippen molar-refractivity contribution in [2.75, 3.05) is 43.1 Å². The van der Waals surface area contributed by atoms with Gasteiger partial charge in [-0.2, -0.15) is 0 Å². The topological polar surface area (TPSA) is 24.5 Å². The number of nitrogens with one attached hydrogen (secondary N) is 1. The Kier molecular flexibility index (Phi) is 4.13. The van der Waals surface area contributed by atoms with E-state index in [1.807, 2.05) is 0 Å². The van der Waals surface area contributed by atoms with E-state index in [0.29, 0.717) is 5.92 Å². The predicted octanol–water partition coefficient (Wildman–Crippen LogP) is 2.38. The Morgan fingerprint density at radius 3 is 3.06 bits per heavy atom. The molecule has 94 valence electrons. The fourth-order valence-electron chi connectivity index (χ4n) is 2.57. The van der Waals surface area contributed by atoms with Crippen molar-refractivity contribution in [3.63, 3.8) is 0 Å². The van der Waals surface area contributed by atoms with Crippen LogP contribution in [0.15, 0.2) is 24.3 Å². The van der Waals surface area contributed by atoms with E-state index in [2.05, 4.69) is 34.5 Å². The van der Waals surface area contributed by atoms with Crippen LogP contribution >= 0.6 is 12.4 Å². The first-order valence-corrected chi connectivity index (χ1v) is 6.09. The maximum Gasteiger partial charge on any atom is 0.0602 e. The van der Waals surface area contributed by atoms with Crippen molar-refractivity contribution in [3.05, 3.63) is 24.3 Å². The molecule has 1 aromatic rings. The van der Waals surface area contributed by atoms with Gasteiger partial charge >= 0.3 is 0 Å². The van der Waals surface area contributed by atoms with Crippen LogP contribution in [0, 0.1) is 5.92 Å². The highest BCUT2D eigenvalue weighted by Crippen LogP contribution is 2.29. The molecular weight excluding hydrogens is 236 g/mol. The van der Waals surface area contributed by atoms with Crippen molar-refractivity contribution < 1.29 is 4.74 Å². The lowest BCUT2D eigenvalue weighted by Crippen LogP contribution is -2.37. The van der Waals surface area contributed by atoms with Gasteiger partial charge in [0.15, 0.2) is 0 Å². The minimum absolute atomic E-state index is 0. The Morgan fingerprint density at radius 1 is 1.35 bits per heavy atom. The number of ether oxygens (including phenoxy) is 1. The predicted molar refractivity (Wildman–Crippen MR) is 73.3 cm³/mol. The third-order valence-corrected chi connectivity index (χ3v) is 3.44. The smallest absolute Gasteiger partial charge is 0.0602 e. The molecule has 2 heterocycles. The fourth-order valence-corrected chi connectivity index (χ4v) is 2.57. The standard InChI is InChI=1S/C13H18N2O.ClH/c1-2-4-13-12(3-1)14-6-7-15(13)9-11-5-8-16-10-11;/h1-4,11,14H,5-10H2;1H. The molecule has 1 unspecified atom stereocenters. The first-order valence-electron chi connectivity index (χ1n) is 6.09. The lowest BCUT2D eigenvalue weighted by atomic mass is 10.1. The molecule has 3 nitrogen and oxygen atoms in total. The molecule has 2 aliphatic heterocycles. The van der Waals surface area contributed by atoms with Gasteiger partial charge in [0.2, 0.25) is 0 Å². The zero-order valence-corrected chi connectivity index (χ0v) is 10.7. The zero-order valence-electron chi connectivity index (χ0n) is 9.89. The third kappa shape index (κ3) is 2.67. The number of benzene rings is 1. The number of fused-ring (bicyclic) bond motifs is 1. The van der Waals surface area contributed by atoms with E-state index in [4.69, 9.17) is 4.74 Å². The molecule has 1 fully saturated rings. The summed E-state index contributed by atoms with van der Waals surface area (Å²) < 4.78 is 5.44. The van der Waals surface area contributed by atoms with Crippen LogP contribution in [0.3, 0.4) is 0 Å². The van der Waals surface area contributed by atoms with Gasteiger partial charge in [-0.25, -0.2) is 0 Å². The molecule has 0 bridgehead atoms. The SMILES string of the molecule is Cl.c1ccc2c(c1)NCCN2CC1CCOC1. The number of hydrogen-bond acceptors (Lipinski definition) is 3. The third-order valence-electron chi connectivity index (χ3n) is 3.44. The minimum Gasteiger partial charge on any atom is -0.382 e. The van der Waals surface area contributed by atoms with Crippen molar-refractivity contribution in [1.29, 1.82) is 0 Å². The quantitative estimate of drug-likeness (QED) is 0.877. The molecule has 1 atom stereocenters. The van der Waals surface area contributed by atoms with Crippen LogP contribution in [0.4, 0.5) is 11.4 Å². The lowest BCUT2D eigenvalue weighted by molar-refractivity contribution is 0.186. The summed E-state index contributed by atoms with van der Waals surface area (Å²) in [5.41, 5.74) is 2.62. The van der Waals surface area contributed by atoms with Crippen LogP contribution in [0.5, 0.6) is 0 Å². The Bertz CT molecular complexity index is 366. The number of rotatable bonds is 2. The average Bonchev–Trinajstić information content (AvgIpc) is 2.82. The molecule has 17 heavy (non-hydrogen) atoms. The largest absolute Gasteiger partial charge is 0.382 e. The molecule has 4 heteroatoms. The van der Waals surface area contributed by atoms with Crippen molar-refractivity contribution in [3.8, 4) is 0 Å². The zero-order chi connectivity index (χ0) is 10.8. The second-order valence-electron chi connectivity index (χ2n) is 4.62. The number of para-hydroxylation sites is 2. The van der Waals surface area contributed by atoms with E-state index >= 15 is 0 Å². The van der Waals surface area contributed by atoms with Crippen molar-refractivity contribution in [2.45, 2.75) is 6.42 Å². The van der Waals surface area contributed by atoms with Crippen LogP contribution in [0.1, 0.15) is 6.42 Å². The van der Waals surface area contributed by atoms with Crippen LogP contribution in [0.2, 0.25) is 0 Å². The number of halogens is 1. The highest BCUT2D eigenvalue weighted by molar-refractivity contribution is 5.85. The van der Waals surface area contributed by atoms with Gasteiger partial charge in [0.1, 0.15) is 0 Å². The molecule has 3 rings (SSSR count). The summed E-state index contributed by atoms with van der Waals surface area (Å²) in [6.45, 7) is 5.17. The lowest BCUT2D eigenvalue weighted by Gasteiger charge is -2.33. The Balaban J connectivity index is 0.00000108. The van der Waals surface area contributed by atoms with Gasteiger partial charge in [-0.1, -0.05) is 12.1 Å². The molecule has 2 aliphatic rings. The van der Waals surface area contributed by atoms with Gasteiger partial charge in [-0.3, -0.25) is 0 Å². The van der Waals surface area contributed by atoms with E-state index in [1.54, 1.807) is 0 Å². The van der Waals surface area contributed by atoms with Gasteiger partial charge in [0, 0.05) is 32.2 Å².